The lowest BCUT2D eigenvalue weighted by Crippen LogP contribution is -2.33. The lowest BCUT2D eigenvalue weighted by molar-refractivity contribution is 0.581. The van der Waals surface area contributed by atoms with E-state index >= 15 is 0 Å². The van der Waals surface area contributed by atoms with Crippen molar-refractivity contribution in [2.75, 3.05) is 36.2 Å². The maximum absolute atomic E-state index is 12.1. The molecule has 7 heteroatoms. The van der Waals surface area contributed by atoms with Crippen LogP contribution in [0.3, 0.4) is 0 Å². The zero-order valence-corrected chi connectivity index (χ0v) is 13.2. The Labute approximate surface area is 123 Å². The molecule has 1 saturated heterocycles. The van der Waals surface area contributed by atoms with E-state index in [2.05, 4.69) is 10.0 Å². The van der Waals surface area contributed by atoms with Crippen LogP contribution in [0.4, 0.5) is 5.69 Å². The van der Waals surface area contributed by atoms with Crippen molar-refractivity contribution in [2.45, 2.75) is 10.1 Å². The summed E-state index contributed by atoms with van der Waals surface area (Å²) in [4.78, 5) is 0.319. The first-order valence-electron chi connectivity index (χ1n) is 6.08. The molecule has 0 bridgehead atoms. The molecule has 1 heterocycles. The van der Waals surface area contributed by atoms with Crippen molar-refractivity contribution >= 4 is 39.2 Å². The third kappa shape index (κ3) is 4.30. The lowest BCUT2D eigenvalue weighted by atomic mass is 10.3. The maximum Gasteiger partial charge on any atom is 0.240 e. The van der Waals surface area contributed by atoms with Crippen LogP contribution in [0.2, 0.25) is 0 Å². The van der Waals surface area contributed by atoms with E-state index in [9.17, 15) is 8.42 Å². The van der Waals surface area contributed by atoms with E-state index in [4.69, 9.17) is 0 Å². The molecule has 1 unspecified atom stereocenters. The fourth-order valence-electron chi connectivity index (χ4n) is 1.74. The van der Waals surface area contributed by atoms with Crippen LogP contribution < -0.4 is 10.0 Å². The van der Waals surface area contributed by atoms with Crippen LogP contribution in [0.1, 0.15) is 0 Å². The third-order valence-electron chi connectivity index (χ3n) is 2.84. The summed E-state index contributed by atoms with van der Waals surface area (Å²) in [6, 6.07) is 6.77. The number of thioether (sulfide) groups is 2. The van der Waals surface area contributed by atoms with Gasteiger partial charge in [-0.05, 0) is 24.3 Å². The standard InChI is InChI=1S/C12H18N2O2S3/c1-13-10-2-4-12(5-3-10)19(15,16)14-8-11-9-17-6-7-18-11/h2-5,11,13-14H,6-9H2,1H3. The van der Waals surface area contributed by atoms with Crippen molar-refractivity contribution in [3.05, 3.63) is 24.3 Å². The molecule has 0 saturated carbocycles. The number of rotatable bonds is 5. The summed E-state index contributed by atoms with van der Waals surface area (Å²) in [7, 11) is -1.58. The fraction of sp³-hybridized carbons (Fsp3) is 0.500. The molecule has 1 aromatic carbocycles. The van der Waals surface area contributed by atoms with Gasteiger partial charge in [-0.15, -0.1) is 0 Å². The third-order valence-corrected chi connectivity index (χ3v) is 7.12. The summed E-state index contributed by atoms with van der Waals surface area (Å²) in [5.41, 5.74) is 0.901. The first-order valence-corrected chi connectivity index (χ1v) is 9.77. The summed E-state index contributed by atoms with van der Waals surface area (Å²) in [6.07, 6.45) is 0. The Bertz CT molecular complexity index is 496. The molecule has 2 rings (SSSR count). The largest absolute Gasteiger partial charge is 0.388 e. The number of hydrogen-bond acceptors (Lipinski definition) is 5. The quantitative estimate of drug-likeness (QED) is 0.868. The Balaban J connectivity index is 1.96. The Morgan fingerprint density at radius 1 is 1.26 bits per heavy atom. The van der Waals surface area contributed by atoms with Gasteiger partial charge in [-0.25, -0.2) is 13.1 Å². The Morgan fingerprint density at radius 3 is 2.58 bits per heavy atom. The molecule has 0 aliphatic carbocycles. The van der Waals surface area contributed by atoms with Gasteiger partial charge < -0.3 is 5.32 Å². The molecular weight excluding hydrogens is 300 g/mol. The van der Waals surface area contributed by atoms with Crippen LogP contribution in [0.25, 0.3) is 0 Å². The molecular formula is C12H18N2O2S3. The summed E-state index contributed by atoms with van der Waals surface area (Å²) in [6.45, 7) is 0.508. The van der Waals surface area contributed by atoms with Gasteiger partial charge in [-0.1, -0.05) is 0 Å². The number of benzene rings is 1. The second-order valence-corrected chi connectivity index (χ2v) is 8.52. The molecule has 19 heavy (non-hydrogen) atoms. The van der Waals surface area contributed by atoms with Crippen LogP contribution in [0.5, 0.6) is 0 Å². The molecule has 0 spiro atoms. The second-order valence-electron chi connectivity index (χ2n) is 4.19. The Hall–Kier alpha value is -0.370. The van der Waals surface area contributed by atoms with Gasteiger partial charge in [0.05, 0.1) is 4.90 Å². The highest BCUT2D eigenvalue weighted by molar-refractivity contribution is 8.06. The number of hydrogen-bond donors (Lipinski definition) is 2. The van der Waals surface area contributed by atoms with Gasteiger partial charge in [0.2, 0.25) is 10.0 Å². The fourth-order valence-corrected chi connectivity index (χ4v) is 5.54. The summed E-state index contributed by atoms with van der Waals surface area (Å²) in [5.74, 6) is 3.29. The molecule has 0 radical (unpaired) electrons. The molecule has 0 amide bonds. The van der Waals surface area contributed by atoms with E-state index < -0.39 is 10.0 Å². The van der Waals surface area contributed by atoms with Crippen molar-refractivity contribution in [1.82, 2.24) is 4.72 Å². The molecule has 1 aliphatic rings. The van der Waals surface area contributed by atoms with Crippen molar-refractivity contribution in [3.8, 4) is 0 Å². The lowest BCUT2D eigenvalue weighted by Gasteiger charge is -2.21. The summed E-state index contributed by atoms with van der Waals surface area (Å²) in [5, 5.41) is 3.35. The minimum atomic E-state index is -3.39. The predicted octanol–water partition coefficient (Wildman–Crippen LogP) is 1.86. The highest BCUT2D eigenvalue weighted by Crippen LogP contribution is 2.23. The SMILES string of the molecule is CNc1ccc(S(=O)(=O)NCC2CSCCS2)cc1. The van der Waals surface area contributed by atoms with Crippen molar-refractivity contribution in [3.63, 3.8) is 0 Å². The average molecular weight is 318 g/mol. The molecule has 1 fully saturated rings. The summed E-state index contributed by atoms with van der Waals surface area (Å²) >= 11 is 3.74. The first kappa shape index (κ1) is 15.0. The molecule has 1 aromatic rings. The van der Waals surface area contributed by atoms with Gasteiger partial charge in [0, 0.05) is 41.8 Å². The van der Waals surface area contributed by atoms with Gasteiger partial charge in [-0.3, -0.25) is 0 Å². The zero-order chi connectivity index (χ0) is 13.7. The smallest absolute Gasteiger partial charge is 0.240 e. The Kier molecular flexibility index (Phi) is 5.44. The van der Waals surface area contributed by atoms with Crippen LogP contribution in [-0.2, 0) is 10.0 Å². The highest BCUT2D eigenvalue weighted by atomic mass is 32.2. The van der Waals surface area contributed by atoms with Gasteiger partial charge in [0.15, 0.2) is 0 Å². The maximum atomic E-state index is 12.1. The van der Waals surface area contributed by atoms with E-state index in [1.54, 1.807) is 31.3 Å². The van der Waals surface area contributed by atoms with Gasteiger partial charge >= 0.3 is 0 Å². The van der Waals surface area contributed by atoms with Crippen LogP contribution >= 0.6 is 23.5 Å². The van der Waals surface area contributed by atoms with E-state index in [0.29, 0.717) is 16.7 Å². The molecule has 1 aliphatic heterocycles. The predicted molar refractivity (Wildman–Crippen MR) is 84.7 cm³/mol. The van der Waals surface area contributed by atoms with Gasteiger partial charge in [0.25, 0.3) is 0 Å². The normalized spacial score (nSPS) is 20.2. The number of sulfonamides is 1. The van der Waals surface area contributed by atoms with E-state index in [1.807, 2.05) is 23.5 Å². The van der Waals surface area contributed by atoms with Crippen LogP contribution in [0.15, 0.2) is 29.2 Å². The Morgan fingerprint density at radius 2 is 2.00 bits per heavy atom. The van der Waals surface area contributed by atoms with E-state index in [0.717, 1.165) is 17.2 Å². The molecule has 2 N–H and O–H groups in total. The van der Waals surface area contributed by atoms with E-state index in [1.165, 1.54) is 5.75 Å². The van der Waals surface area contributed by atoms with Gasteiger partial charge in [0.1, 0.15) is 0 Å². The molecule has 1 atom stereocenters. The molecule has 4 nitrogen and oxygen atoms in total. The molecule has 0 aromatic heterocycles. The minimum absolute atomic E-state index is 0.319. The van der Waals surface area contributed by atoms with Crippen LogP contribution in [0, 0.1) is 0 Å². The van der Waals surface area contributed by atoms with Crippen LogP contribution in [-0.4, -0.2) is 44.5 Å². The summed E-state index contributed by atoms with van der Waals surface area (Å²) < 4.78 is 27.0. The number of nitrogens with one attached hydrogen (secondary N) is 2. The average Bonchev–Trinajstić information content (AvgIpc) is 2.46. The van der Waals surface area contributed by atoms with Crippen molar-refractivity contribution in [2.24, 2.45) is 0 Å². The van der Waals surface area contributed by atoms with Gasteiger partial charge in [-0.2, -0.15) is 23.5 Å². The van der Waals surface area contributed by atoms with E-state index in [-0.39, 0.29) is 0 Å². The monoisotopic (exact) mass is 318 g/mol. The number of anilines is 1. The van der Waals surface area contributed by atoms with Crippen molar-refractivity contribution < 1.29 is 8.42 Å². The second kappa shape index (κ2) is 6.88. The zero-order valence-electron chi connectivity index (χ0n) is 10.8. The molecule has 106 valence electrons. The highest BCUT2D eigenvalue weighted by Gasteiger charge is 2.19. The first-order chi connectivity index (χ1) is 9.12. The van der Waals surface area contributed by atoms with Crippen molar-refractivity contribution in [1.29, 1.82) is 0 Å². The minimum Gasteiger partial charge on any atom is -0.388 e. The topological polar surface area (TPSA) is 58.2 Å².